The van der Waals surface area contributed by atoms with E-state index < -0.39 is 0 Å². The summed E-state index contributed by atoms with van der Waals surface area (Å²) in [4.78, 5) is 15.0. The number of urea groups is 1. The molecule has 3 heterocycles. The molecule has 0 atom stereocenters. The average Bonchev–Trinajstić information content (AvgIpc) is 2.70. The van der Waals surface area contributed by atoms with Crippen LogP contribution >= 0.6 is 12.4 Å². The molecule has 0 aromatic carbocycles. The van der Waals surface area contributed by atoms with Crippen molar-refractivity contribution in [3.63, 3.8) is 0 Å². The Balaban J connectivity index is 0.00000120. The van der Waals surface area contributed by atoms with Crippen LogP contribution in [0.5, 0.6) is 0 Å². The maximum absolute atomic E-state index is 11.1. The van der Waals surface area contributed by atoms with Gasteiger partial charge in [0.25, 0.3) is 0 Å². The van der Waals surface area contributed by atoms with Crippen LogP contribution < -0.4 is 5.73 Å². The Labute approximate surface area is 112 Å². The van der Waals surface area contributed by atoms with E-state index in [1.165, 1.54) is 0 Å². The van der Waals surface area contributed by atoms with Gasteiger partial charge < -0.3 is 20.3 Å². The fourth-order valence-corrected chi connectivity index (χ4v) is 2.72. The van der Waals surface area contributed by atoms with Crippen LogP contribution in [0.2, 0.25) is 0 Å². The minimum Gasteiger partial charge on any atom is -0.469 e. The molecule has 0 unspecified atom stereocenters. The van der Waals surface area contributed by atoms with Crippen LogP contribution in [0, 0.1) is 0 Å². The normalized spacial score (nSPS) is 23.2. The van der Waals surface area contributed by atoms with Gasteiger partial charge in [-0.1, -0.05) is 6.08 Å². The van der Waals surface area contributed by atoms with Gasteiger partial charge in [0.15, 0.2) is 0 Å². The summed E-state index contributed by atoms with van der Waals surface area (Å²) in [6.45, 7) is 1.41. The molecule has 0 bridgehead atoms. The van der Waals surface area contributed by atoms with Crippen LogP contribution in [0.3, 0.4) is 0 Å². The van der Waals surface area contributed by atoms with Crippen molar-refractivity contribution < 1.29 is 9.53 Å². The number of hydrogen-bond acceptors (Lipinski definition) is 3. The van der Waals surface area contributed by atoms with E-state index in [0.717, 1.165) is 18.5 Å². The topological polar surface area (TPSA) is 58.8 Å². The number of fused-ring (bicyclic) bond motifs is 2. The molecule has 0 saturated carbocycles. The molecule has 0 aliphatic carbocycles. The van der Waals surface area contributed by atoms with Gasteiger partial charge in [-0.3, -0.25) is 0 Å². The van der Waals surface area contributed by atoms with Gasteiger partial charge in [0.05, 0.1) is 11.2 Å². The maximum atomic E-state index is 11.1. The van der Waals surface area contributed by atoms with Crippen molar-refractivity contribution in [2.45, 2.75) is 18.4 Å². The second kappa shape index (κ2) is 4.57. The molecule has 3 aliphatic heterocycles. The Morgan fingerprint density at radius 2 is 2.11 bits per heavy atom. The Kier molecular flexibility index (Phi) is 3.26. The summed E-state index contributed by atoms with van der Waals surface area (Å²) in [5, 5.41) is 0. The summed E-state index contributed by atoms with van der Waals surface area (Å²) < 4.78 is 5.16. The highest BCUT2D eigenvalue weighted by atomic mass is 35.5. The zero-order chi connectivity index (χ0) is 11.9. The summed E-state index contributed by atoms with van der Waals surface area (Å²) in [6, 6.07) is -0.324. The van der Waals surface area contributed by atoms with Gasteiger partial charge in [-0.15, -0.1) is 12.4 Å². The molecule has 2 N–H and O–H groups in total. The van der Waals surface area contributed by atoms with E-state index in [2.05, 4.69) is 17.1 Å². The second-order valence-corrected chi connectivity index (χ2v) is 4.60. The lowest BCUT2D eigenvalue weighted by Gasteiger charge is -2.44. The number of ether oxygens (including phenoxy) is 1. The number of halogens is 1. The van der Waals surface area contributed by atoms with Crippen LogP contribution in [0.25, 0.3) is 0 Å². The number of primary amides is 1. The fraction of sp³-hybridized carbons (Fsp3) is 0.417. The van der Waals surface area contributed by atoms with Crippen LogP contribution in [0.4, 0.5) is 4.79 Å². The summed E-state index contributed by atoms with van der Waals surface area (Å²) in [5.74, 6) is 0. The number of carbonyl (C=O) groups excluding carboxylic acids is 1. The van der Waals surface area contributed by atoms with E-state index in [1.54, 1.807) is 17.4 Å². The van der Waals surface area contributed by atoms with Gasteiger partial charge in [-0.05, 0) is 18.9 Å². The summed E-state index contributed by atoms with van der Waals surface area (Å²) in [6.07, 6.45) is 11.4. The smallest absolute Gasteiger partial charge is 0.314 e. The average molecular weight is 270 g/mol. The molecule has 1 fully saturated rings. The number of likely N-dealkylation sites (tertiary alicyclic amines) is 1. The highest BCUT2D eigenvalue weighted by molar-refractivity contribution is 5.85. The first-order chi connectivity index (χ1) is 8.21. The van der Waals surface area contributed by atoms with Crippen molar-refractivity contribution in [1.29, 1.82) is 0 Å². The van der Waals surface area contributed by atoms with Gasteiger partial charge in [0.2, 0.25) is 0 Å². The largest absolute Gasteiger partial charge is 0.469 e. The number of rotatable bonds is 0. The van der Waals surface area contributed by atoms with Crippen molar-refractivity contribution in [3.05, 3.63) is 36.6 Å². The Hall–Kier alpha value is -1.62. The lowest BCUT2D eigenvalue weighted by Crippen LogP contribution is -2.52. The van der Waals surface area contributed by atoms with E-state index >= 15 is 0 Å². The molecular formula is C12H16ClN3O2. The minimum absolute atomic E-state index is 0. The highest BCUT2D eigenvalue weighted by Crippen LogP contribution is 2.39. The first-order valence-electron chi connectivity index (χ1n) is 5.77. The molecule has 6 heteroatoms. The number of allylic oxidation sites excluding steroid dienone is 1. The number of amides is 2. The van der Waals surface area contributed by atoms with Crippen LogP contribution in [-0.2, 0) is 4.74 Å². The van der Waals surface area contributed by atoms with Crippen molar-refractivity contribution in [3.8, 4) is 0 Å². The molecule has 1 saturated heterocycles. The predicted octanol–water partition coefficient (Wildman–Crippen LogP) is 1.54. The molecule has 0 radical (unpaired) electrons. The third-order valence-electron chi connectivity index (χ3n) is 3.74. The van der Waals surface area contributed by atoms with Crippen molar-refractivity contribution in [2.75, 3.05) is 13.1 Å². The first kappa shape index (κ1) is 12.8. The SMILES string of the molecule is Cl.NC(=O)N1CCC2(C=CC3=COC=CN32)CC1. The van der Waals surface area contributed by atoms with E-state index in [4.69, 9.17) is 10.5 Å². The molecule has 0 aromatic rings. The van der Waals surface area contributed by atoms with Crippen molar-refractivity contribution in [1.82, 2.24) is 9.80 Å². The fourth-order valence-electron chi connectivity index (χ4n) is 2.72. The predicted molar refractivity (Wildman–Crippen MR) is 69.7 cm³/mol. The number of nitrogens with zero attached hydrogens (tertiary/aromatic N) is 2. The second-order valence-electron chi connectivity index (χ2n) is 4.60. The van der Waals surface area contributed by atoms with Crippen molar-refractivity contribution >= 4 is 18.4 Å². The highest BCUT2D eigenvalue weighted by Gasteiger charge is 2.42. The van der Waals surface area contributed by atoms with Crippen LogP contribution in [0.1, 0.15) is 12.8 Å². The van der Waals surface area contributed by atoms with Crippen LogP contribution in [-0.4, -0.2) is 34.5 Å². The molecule has 1 spiro atoms. The van der Waals surface area contributed by atoms with E-state index in [1.807, 2.05) is 6.20 Å². The van der Waals surface area contributed by atoms with E-state index in [0.29, 0.717) is 13.1 Å². The maximum Gasteiger partial charge on any atom is 0.314 e. The minimum atomic E-state index is -0.324. The molecule has 2 amide bonds. The monoisotopic (exact) mass is 269 g/mol. The number of piperidine rings is 1. The third kappa shape index (κ3) is 1.84. The molecular weight excluding hydrogens is 254 g/mol. The Morgan fingerprint density at radius 3 is 2.78 bits per heavy atom. The lowest BCUT2D eigenvalue weighted by molar-refractivity contribution is 0.126. The molecule has 3 rings (SSSR count). The number of carbonyl (C=O) groups is 1. The van der Waals surface area contributed by atoms with Gasteiger partial charge in [0.1, 0.15) is 12.5 Å². The lowest BCUT2D eigenvalue weighted by atomic mass is 9.87. The molecule has 98 valence electrons. The van der Waals surface area contributed by atoms with Crippen LogP contribution in [0.15, 0.2) is 36.6 Å². The van der Waals surface area contributed by atoms with Gasteiger partial charge in [-0.2, -0.15) is 0 Å². The number of hydrogen-bond donors (Lipinski definition) is 1. The summed E-state index contributed by atoms with van der Waals surface area (Å²) >= 11 is 0. The zero-order valence-corrected chi connectivity index (χ0v) is 10.7. The van der Waals surface area contributed by atoms with Gasteiger partial charge in [-0.25, -0.2) is 4.79 Å². The quantitative estimate of drug-likeness (QED) is 0.726. The van der Waals surface area contributed by atoms with Gasteiger partial charge >= 0.3 is 6.03 Å². The number of nitrogens with two attached hydrogens (primary N) is 1. The summed E-state index contributed by atoms with van der Waals surface area (Å²) in [5.41, 5.74) is 6.36. The third-order valence-corrected chi connectivity index (χ3v) is 3.74. The molecule has 3 aliphatic rings. The molecule has 0 aromatic heterocycles. The molecule has 5 nitrogen and oxygen atoms in total. The van der Waals surface area contributed by atoms with E-state index in [9.17, 15) is 4.79 Å². The Morgan fingerprint density at radius 1 is 1.39 bits per heavy atom. The summed E-state index contributed by atoms with van der Waals surface area (Å²) in [7, 11) is 0. The molecule has 18 heavy (non-hydrogen) atoms. The Bertz CT molecular complexity index is 437. The first-order valence-corrected chi connectivity index (χ1v) is 5.77. The zero-order valence-electron chi connectivity index (χ0n) is 9.91. The standard InChI is InChI=1S/C12H15N3O2.ClH/c13-11(16)14-5-3-12(4-6-14)2-1-10-9-17-8-7-15(10)12;/h1-2,7-9H,3-6H2,(H2,13,16);1H. The van der Waals surface area contributed by atoms with Crippen molar-refractivity contribution in [2.24, 2.45) is 5.73 Å². The van der Waals surface area contributed by atoms with E-state index in [-0.39, 0.29) is 24.0 Å². The van der Waals surface area contributed by atoms with Gasteiger partial charge in [0, 0.05) is 19.3 Å².